The molecule has 2 atom stereocenters. The fraction of sp³-hybridized carbons (Fsp3) is 0.167. The van der Waals surface area contributed by atoms with E-state index in [9.17, 15) is 4.79 Å². The maximum absolute atomic E-state index is 12.6. The van der Waals surface area contributed by atoms with Crippen molar-refractivity contribution in [2.24, 2.45) is 0 Å². The molecule has 0 fully saturated rings. The van der Waals surface area contributed by atoms with Crippen LogP contribution in [0.2, 0.25) is 0 Å². The van der Waals surface area contributed by atoms with E-state index in [-0.39, 0.29) is 10.6 Å². The number of hydrogen-bond acceptors (Lipinski definition) is 4. The number of nitriles is 2. The lowest BCUT2D eigenvalue weighted by Gasteiger charge is -2.19. The molecule has 0 saturated carbocycles. The Morgan fingerprint density at radius 2 is 1.62 bits per heavy atom. The molecule has 0 aliphatic heterocycles. The zero-order chi connectivity index (χ0) is 17.7. The van der Waals surface area contributed by atoms with Gasteiger partial charge in [-0.15, -0.1) is 0 Å². The predicted molar refractivity (Wildman–Crippen MR) is 97.6 cm³/mol. The molecule has 0 spiro atoms. The molecule has 0 aromatic heterocycles. The smallest absolute Gasteiger partial charge is 0.177 e. The molecule has 0 radical (unpaired) electrons. The fourth-order valence-corrected chi connectivity index (χ4v) is 3.33. The standard InChI is InChI=1S/C18H12Br2N2O2/c1-24-15-8-12(10-22)4-7-14(15)16(19)17(20)18(23)13-5-2-11(9-21)3-6-13/h2-8,16-17H,1H3. The van der Waals surface area contributed by atoms with Crippen LogP contribution in [0.15, 0.2) is 42.5 Å². The number of hydrogen-bond donors (Lipinski definition) is 0. The number of rotatable bonds is 5. The van der Waals surface area contributed by atoms with Gasteiger partial charge in [-0.2, -0.15) is 10.5 Å². The van der Waals surface area contributed by atoms with Crippen molar-refractivity contribution in [3.05, 3.63) is 64.7 Å². The number of carbonyl (C=O) groups is 1. The van der Waals surface area contributed by atoms with E-state index in [0.29, 0.717) is 22.4 Å². The monoisotopic (exact) mass is 446 g/mol. The number of carbonyl (C=O) groups excluding carboxylic acids is 1. The molecule has 120 valence electrons. The van der Waals surface area contributed by atoms with Crippen LogP contribution in [-0.2, 0) is 0 Å². The van der Waals surface area contributed by atoms with Crippen molar-refractivity contribution < 1.29 is 9.53 Å². The van der Waals surface area contributed by atoms with E-state index >= 15 is 0 Å². The minimum absolute atomic E-state index is 0.118. The normalized spacial score (nSPS) is 12.5. The van der Waals surface area contributed by atoms with Gasteiger partial charge in [-0.25, -0.2) is 0 Å². The average Bonchev–Trinajstić information content (AvgIpc) is 2.65. The van der Waals surface area contributed by atoms with Crippen molar-refractivity contribution in [2.45, 2.75) is 9.65 Å². The van der Waals surface area contributed by atoms with Crippen molar-refractivity contribution in [3.8, 4) is 17.9 Å². The second-order valence-electron chi connectivity index (χ2n) is 4.93. The predicted octanol–water partition coefficient (Wildman–Crippen LogP) is 4.52. The molecule has 6 heteroatoms. The highest BCUT2D eigenvalue weighted by molar-refractivity contribution is 9.12. The summed E-state index contributed by atoms with van der Waals surface area (Å²) in [5, 5.41) is 17.8. The molecule has 2 aromatic carbocycles. The summed E-state index contributed by atoms with van der Waals surface area (Å²) in [7, 11) is 1.52. The lowest BCUT2D eigenvalue weighted by atomic mass is 10.00. The largest absolute Gasteiger partial charge is 0.496 e. The van der Waals surface area contributed by atoms with Gasteiger partial charge in [-0.3, -0.25) is 4.79 Å². The van der Waals surface area contributed by atoms with Gasteiger partial charge in [0.2, 0.25) is 0 Å². The molecular formula is C18H12Br2N2O2. The van der Waals surface area contributed by atoms with Crippen LogP contribution in [0.1, 0.15) is 31.9 Å². The molecule has 2 rings (SSSR count). The Balaban J connectivity index is 2.28. The molecule has 0 heterocycles. The second-order valence-corrected chi connectivity index (χ2v) is 6.90. The first-order valence-corrected chi connectivity index (χ1v) is 8.75. The first kappa shape index (κ1) is 18.2. The summed E-state index contributed by atoms with van der Waals surface area (Å²) in [6.07, 6.45) is 0. The van der Waals surface area contributed by atoms with Gasteiger partial charge >= 0.3 is 0 Å². The van der Waals surface area contributed by atoms with E-state index in [1.807, 2.05) is 6.07 Å². The van der Waals surface area contributed by atoms with E-state index in [1.54, 1.807) is 42.5 Å². The summed E-state index contributed by atoms with van der Waals surface area (Å²) in [5.41, 5.74) is 2.26. The molecule has 0 amide bonds. The zero-order valence-corrected chi connectivity index (χ0v) is 15.8. The zero-order valence-electron chi connectivity index (χ0n) is 12.7. The number of halogens is 2. The van der Waals surface area contributed by atoms with Gasteiger partial charge in [0, 0.05) is 11.1 Å². The fourth-order valence-electron chi connectivity index (χ4n) is 2.17. The Hall–Kier alpha value is -2.15. The number of alkyl halides is 2. The summed E-state index contributed by atoms with van der Waals surface area (Å²) >= 11 is 6.97. The molecule has 2 unspecified atom stereocenters. The Morgan fingerprint density at radius 3 is 2.17 bits per heavy atom. The van der Waals surface area contributed by atoms with E-state index in [4.69, 9.17) is 15.3 Å². The highest BCUT2D eigenvalue weighted by Gasteiger charge is 2.28. The van der Waals surface area contributed by atoms with Crippen LogP contribution in [0.5, 0.6) is 5.75 Å². The van der Waals surface area contributed by atoms with E-state index in [0.717, 1.165) is 5.56 Å². The molecular weight excluding hydrogens is 436 g/mol. The Bertz CT molecular complexity index is 836. The third-order valence-electron chi connectivity index (χ3n) is 3.47. The van der Waals surface area contributed by atoms with Crippen molar-refractivity contribution >= 4 is 37.6 Å². The Kier molecular flexibility index (Phi) is 6.14. The number of ketones is 1. The topological polar surface area (TPSA) is 73.9 Å². The highest BCUT2D eigenvalue weighted by atomic mass is 79.9. The van der Waals surface area contributed by atoms with Gasteiger partial charge < -0.3 is 4.74 Å². The molecule has 0 aliphatic rings. The van der Waals surface area contributed by atoms with Gasteiger partial charge in [-0.1, -0.05) is 50.1 Å². The molecule has 2 aromatic rings. The first-order chi connectivity index (χ1) is 11.5. The minimum Gasteiger partial charge on any atom is -0.496 e. The number of Topliss-reactive ketones (excluding diaryl/α,β-unsaturated/α-hetero) is 1. The number of ether oxygens (including phenoxy) is 1. The van der Waals surface area contributed by atoms with Crippen molar-refractivity contribution in [2.75, 3.05) is 7.11 Å². The lowest BCUT2D eigenvalue weighted by Crippen LogP contribution is -2.19. The van der Waals surface area contributed by atoms with Crippen LogP contribution >= 0.6 is 31.9 Å². The number of nitrogens with zero attached hydrogens (tertiary/aromatic N) is 2. The Morgan fingerprint density at radius 1 is 1.04 bits per heavy atom. The SMILES string of the molecule is COc1cc(C#N)ccc1C(Br)C(Br)C(=O)c1ccc(C#N)cc1. The van der Waals surface area contributed by atoms with E-state index in [1.165, 1.54) is 7.11 Å². The maximum atomic E-state index is 12.6. The number of benzene rings is 2. The van der Waals surface area contributed by atoms with Crippen molar-refractivity contribution in [1.29, 1.82) is 10.5 Å². The molecule has 0 aliphatic carbocycles. The molecule has 0 bridgehead atoms. The minimum atomic E-state index is -0.535. The van der Waals surface area contributed by atoms with Crippen LogP contribution in [0.4, 0.5) is 0 Å². The maximum Gasteiger partial charge on any atom is 0.177 e. The van der Waals surface area contributed by atoms with Crippen molar-refractivity contribution in [3.63, 3.8) is 0 Å². The first-order valence-electron chi connectivity index (χ1n) is 6.92. The van der Waals surface area contributed by atoms with Crippen LogP contribution in [0.25, 0.3) is 0 Å². The Labute approximate surface area is 156 Å². The van der Waals surface area contributed by atoms with Crippen LogP contribution in [0.3, 0.4) is 0 Å². The van der Waals surface area contributed by atoms with Gasteiger partial charge in [-0.05, 0) is 24.3 Å². The summed E-state index contributed by atoms with van der Waals surface area (Å²) in [5.74, 6) is 0.417. The van der Waals surface area contributed by atoms with E-state index < -0.39 is 4.83 Å². The van der Waals surface area contributed by atoms with Crippen molar-refractivity contribution in [1.82, 2.24) is 0 Å². The summed E-state index contributed by atoms with van der Waals surface area (Å²) in [4.78, 5) is 11.7. The summed E-state index contributed by atoms with van der Waals surface area (Å²) < 4.78 is 5.33. The summed E-state index contributed by atoms with van der Waals surface area (Å²) in [6, 6.07) is 15.6. The number of methoxy groups -OCH3 is 1. The van der Waals surface area contributed by atoms with Gasteiger partial charge in [0.05, 0.1) is 40.0 Å². The van der Waals surface area contributed by atoms with Gasteiger partial charge in [0.1, 0.15) is 5.75 Å². The molecule has 24 heavy (non-hydrogen) atoms. The molecule has 0 N–H and O–H groups in total. The highest BCUT2D eigenvalue weighted by Crippen LogP contribution is 2.38. The third-order valence-corrected chi connectivity index (χ3v) is 6.14. The average molecular weight is 448 g/mol. The molecule has 4 nitrogen and oxygen atoms in total. The second kappa shape index (κ2) is 8.10. The van der Waals surface area contributed by atoms with Gasteiger partial charge in [0.15, 0.2) is 5.78 Å². The third kappa shape index (κ3) is 3.84. The summed E-state index contributed by atoms with van der Waals surface area (Å²) in [6.45, 7) is 0. The quantitative estimate of drug-likeness (QED) is 0.498. The van der Waals surface area contributed by atoms with E-state index in [2.05, 4.69) is 37.9 Å². The lowest BCUT2D eigenvalue weighted by molar-refractivity contribution is 0.0991. The molecule has 0 saturated heterocycles. The van der Waals surface area contributed by atoms with Gasteiger partial charge in [0.25, 0.3) is 0 Å². The van der Waals surface area contributed by atoms with Crippen LogP contribution < -0.4 is 4.74 Å². The van der Waals surface area contributed by atoms with Crippen LogP contribution in [-0.4, -0.2) is 17.7 Å². The van der Waals surface area contributed by atoms with Crippen LogP contribution in [0, 0.1) is 22.7 Å².